The average Bonchev–Trinajstić information content (AvgIpc) is 3.77. The van der Waals surface area contributed by atoms with Crippen LogP contribution in [-0.2, 0) is 39.4 Å². The molecule has 4 heterocycles. The van der Waals surface area contributed by atoms with Gasteiger partial charge in [0.2, 0.25) is 0 Å². The Labute approximate surface area is 259 Å². The molecule has 0 saturated heterocycles. The fourth-order valence-electron chi connectivity index (χ4n) is 3.29. The number of rotatable bonds is 5. The fraction of sp³-hybridized carbons (Fsp3) is 0.107. The Morgan fingerprint density at radius 1 is 0.705 bits per heavy atom. The second-order valence-electron chi connectivity index (χ2n) is 8.34. The van der Waals surface area contributed by atoms with Crippen LogP contribution < -0.4 is 5.10 Å². The summed E-state index contributed by atoms with van der Waals surface area (Å²) in [6, 6.07) is 17.1. The quantitative estimate of drug-likeness (QED) is 0.169. The van der Waals surface area contributed by atoms with Crippen LogP contribution in [0.5, 0.6) is 0 Å². The molecule has 0 unspecified atom stereocenters. The number of hydrogen-bond acceptors (Lipinski definition) is 5. The first kappa shape index (κ1) is 33.8. The van der Waals surface area contributed by atoms with E-state index >= 15 is 0 Å². The molecule has 0 amide bonds. The van der Waals surface area contributed by atoms with Crippen LogP contribution in [0, 0.1) is 35.4 Å². The summed E-state index contributed by atoms with van der Waals surface area (Å²) in [6.07, 6.45) is 3.39. The fourth-order valence-corrected chi connectivity index (χ4v) is 3.29. The molecule has 44 heavy (non-hydrogen) atoms. The minimum atomic E-state index is -4.57. The summed E-state index contributed by atoms with van der Waals surface area (Å²) in [5, 5.41) is 14.0. The Hall–Kier alpha value is -4.69. The molecule has 6 rings (SSSR count). The first-order valence-electron chi connectivity index (χ1n) is 12.1. The third-order valence-electron chi connectivity index (χ3n) is 5.23. The van der Waals surface area contributed by atoms with E-state index in [0.717, 1.165) is 24.3 Å². The van der Waals surface area contributed by atoms with Gasteiger partial charge in [-0.25, -0.2) is 8.78 Å². The maximum Gasteiger partial charge on any atom is 3.00 e. The molecule has 0 aliphatic rings. The topological polar surface area (TPSA) is 88.4 Å². The van der Waals surface area contributed by atoms with Crippen molar-refractivity contribution in [2.24, 2.45) is 0 Å². The number of benzene rings is 2. The molecule has 0 radical (unpaired) electrons. The first-order valence-corrected chi connectivity index (χ1v) is 12.1. The molecule has 0 fully saturated rings. The number of nitrogens with zero attached hydrogens (tertiary/aromatic N) is 8. The maximum absolute atomic E-state index is 13.1. The van der Waals surface area contributed by atoms with Crippen molar-refractivity contribution < 1.29 is 50.8 Å². The zero-order valence-electron chi connectivity index (χ0n) is 22.1. The zero-order valence-corrected chi connectivity index (χ0v) is 24.4. The van der Waals surface area contributed by atoms with Crippen LogP contribution in [0.3, 0.4) is 0 Å². The Balaban J connectivity index is 0.000000178. The number of hydrogen-bond donors (Lipinski definition) is 0. The van der Waals surface area contributed by atoms with Gasteiger partial charge in [-0.2, -0.15) is 23.4 Å². The molecule has 8 nitrogen and oxygen atoms in total. The summed E-state index contributed by atoms with van der Waals surface area (Å²) < 4.78 is 91.1. The SMILES string of the molecule is FC(F)(F)c1n[n-]c(-c2ccccn2)n1.Fc1[c-]c(Cn2cccn2)c(F)cc1.Fc1[c-]c(Cn2cccn2)c(F)cc1.[Ir+3]. The molecule has 228 valence electrons. The first-order chi connectivity index (χ1) is 20.6. The summed E-state index contributed by atoms with van der Waals surface area (Å²) in [6.45, 7) is 0.382. The molecule has 0 aliphatic heterocycles. The van der Waals surface area contributed by atoms with E-state index in [4.69, 9.17) is 0 Å². The molecule has 2 aromatic carbocycles. The summed E-state index contributed by atoms with van der Waals surface area (Å²) in [4.78, 5) is 7.05. The number of aromatic nitrogens is 8. The predicted molar refractivity (Wildman–Crippen MR) is 137 cm³/mol. The van der Waals surface area contributed by atoms with Crippen molar-refractivity contribution in [1.82, 2.24) is 39.7 Å². The van der Waals surface area contributed by atoms with E-state index in [-0.39, 0.29) is 55.8 Å². The van der Waals surface area contributed by atoms with Crippen LogP contribution in [0.15, 0.2) is 85.6 Å². The van der Waals surface area contributed by atoms with E-state index in [0.29, 0.717) is 0 Å². The largest absolute Gasteiger partial charge is 3.00 e. The summed E-state index contributed by atoms with van der Waals surface area (Å²) in [5.74, 6) is -3.43. The van der Waals surface area contributed by atoms with Gasteiger partial charge in [-0.3, -0.25) is 28.2 Å². The van der Waals surface area contributed by atoms with E-state index in [2.05, 4.69) is 42.5 Å². The molecular formula is C28H18F7IrN8. The Kier molecular flexibility index (Phi) is 12.1. The van der Waals surface area contributed by atoms with Crippen molar-refractivity contribution in [3.63, 3.8) is 0 Å². The van der Waals surface area contributed by atoms with Crippen molar-refractivity contribution in [3.8, 4) is 11.5 Å². The van der Waals surface area contributed by atoms with Crippen LogP contribution in [0.2, 0.25) is 0 Å². The second kappa shape index (κ2) is 15.7. The van der Waals surface area contributed by atoms with Gasteiger partial charge < -0.3 is 10.1 Å². The number of halogens is 7. The van der Waals surface area contributed by atoms with Crippen molar-refractivity contribution in [2.45, 2.75) is 19.3 Å². The van der Waals surface area contributed by atoms with Crippen LogP contribution in [0.25, 0.3) is 11.5 Å². The third kappa shape index (κ3) is 9.95. The third-order valence-corrected chi connectivity index (χ3v) is 5.23. The molecule has 0 aliphatic carbocycles. The van der Waals surface area contributed by atoms with Gasteiger partial charge in [0.15, 0.2) is 0 Å². The maximum atomic E-state index is 13.1. The minimum Gasteiger partial charge on any atom is -0.413 e. The van der Waals surface area contributed by atoms with Crippen molar-refractivity contribution in [3.05, 3.63) is 138 Å². The van der Waals surface area contributed by atoms with Crippen LogP contribution in [-0.4, -0.2) is 34.6 Å². The van der Waals surface area contributed by atoms with Crippen molar-refractivity contribution in [2.75, 3.05) is 0 Å². The molecule has 0 bridgehead atoms. The van der Waals surface area contributed by atoms with E-state index in [1.165, 1.54) is 21.6 Å². The van der Waals surface area contributed by atoms with Crippen LogP contribution >= 0.6 is 0 Å². The van der Waals surface area contributed by atoms with Crippen molar-refractivity contribution >= 4 is 0 Å². The molecular weight excluding hydrogens is 774 g/mol. The van der Waals surface area contributed by atoms with E-state index in [1.807, 2.05) is 0 Å². The van der Waals surface area contributed by atoms with E-state index in [1.54, 1.807) is 49.1 Å². The monoisotopic (exact) mass is 792 g/mol. The van der Waals surface area contributed by atoms with Gasteiger partial charge in [0.1, 0.15) is 5.82 Å². The second-order valence-corrected chi connectivity index (χ2v) is 8.34. The van der Waals surface area contributed by atoms with E-state index < -0.39 is 35.3 Å². The minimum absolute atomic E-state index is 0. The normalized spacial score (nSPS) is 10.6. The summed E-state index contributed by atoms with van der Waals surface area (Å²) in [7, 11) is 0. The smallest absolute Gasteiger partial charge is 0.413 e. The molecule has 0 atom stereocenters. The van der Waals surface area contributed by atoms with Crippen molar-refractivity contribution in [1.29, 1.82) is 0 Å². The Morgan fingerprint density at radius 2 is 1.25 bits per heavy atom. The zero-order chi connectivity index (χ0) is 30.8. The Bertz CT molecular complexity index is 1620. The van der Waals surface area contributed by atoms with Crippen LogP contribution in [0.4, 0.5) is 30.7 Å². The van der Waals surface area contributed by atoms with E-state index in [9.17, 15) is 30.7 Å². The molecule has 6 aromatic rings. The van der Waals surface area contributed by atoms with Crippen LogP contribution in [0.1, 0.15) is 17.0 Å². The van der Waals surface area contributed by atoms with Gasteiger partial charge >= 0.3 is 26.3 Å². The van der Waals surface area contributed by atoms with Gasteiger partial charge in [-0.05, 0) is 30.1 Å². The predicted octanol–water partition coefficient (Wildman–Crippen LogP) is 5.53. The average molecular weight is 792 g/mol. The summed E-state index contributed by atoms with van der Waals surface area (Å²) in [5.41, 5.74) is 0.614. The van der Waals surface area contributed by atoms with Gasteiger partial charge in [-0.15, -0.1) is 47.5 Å². The molecule has 0 N–H and O–H groups in total. The molecule has 0 spiro atoms. The Morgan fingerprint density at radius 3 is 1.66 bits per heavy atom. The van der Waals surface area contributed by atoms with Gasteiger partial charge in [-0.1, -0.05) is 6.07 Å². The number of alkyl halides is 3. The summed E-state index contributed by atoms with van der Waals surface area (Å²) >= 11 is 0. The number of pyridine rings is 1. The molecule has 0 saturated carbocycles. The van der Waals surface area contributed by atoms with Gasteiger partial charge in [0, 0.05) is 67.3 Å². The molecule has 16 heteroatoms. The standard InChI is InChI=1S/2C10H7F2N2.C8H4F3N4.Ir/c2*11-9-2-3-10(12)8(6-9)7-14-5-1-4-13-14;9-8(10,11)7-13-6(14-15-7)5-3-1-2-4-12-5;/h2*1-5H,7H2;1-4H;/q3*-1;+3. The molecule has 4 aromatic heterocycles. The van der Waals surface area contributed by atoms with Gasteiger partial charge in [0.25, 0.3) is 0 Å². The van der Waals surface area contributed by atoms with Gasteiger partial charge in [0.05, 0.1) is 5.69 Å².